The van der Waals surface area contributed by atoms with Crippen molar-refractivity contribution in [2.24, 2.45) is 5.73 Å². The maximum absolute atomic E-state index is 11.7. The average Bonchev–Trinajstić information content (AvgIpc) is 2.37. The topological polar surface area (TPSA) is 93.4 Å². The third kappa shape index (κ3) is 5.17. The first kappa shape index (κ1) is 15.8. The van der Waals surface area contributed by atoms with Crippen molar-refractivity contribution in [3.05, 3.63) is 24.3 Å². The van der Waals surface area contributed by atoms with Gasteiger partial charge in [-0.2, -0.15) is 0 Å². The molecular formula is C14H21N3O3. The molecule has 0 bridgehead atoms. The lowest BCUT2D eigenvalue weighted by atomic mass is 10.1. The van der Waals surface area contributed by atoms with Gasteiger partial charge in [0.25, 0.3) is 0 Å². The van der Waals surface area contributed by atoms with Crippen molar-refractivity contribution in [3.63, 3.8) is 0 Å². The molecule has 6 heteroatoms. The highest BCUT2D eigenvalue weighted by atomic mass is 16.5. The number of nitrogens with two attached hydrogens (primary N) is 1. The third-order valence-corrected chi connectivity index (χ3v) is 2.59. The van der Waals surface area contributed by atoms with Crippen molar-refractivity contribution in [3.8, 4) is 5.75 Å². The van der Waals surface area contributed by atoms with Gasteiger partial charge in [0.05, 0.1) is 13.5 Å². The maximum atomic E-state index is 11.7. The molecule has 0 aliphatic heterocycles. The van der Waals surface area contributed by atoms with E-state index in [4.69, 9.17) is 10.5 Å². The van der Waals surface area contributed by atoms with E-state index in [1.165, 1.54) is 0 Å². The Labute approximate surface area is 118 Å². The Hall–Kier alpha value is -2.24. The smallest absolute Gasteiger partial charge is 0.240 e. The quantitative estimate of drug-likeness (QED) is 0.690. The second-order valence-electron chi connectivity index (χ2n) is 4.76. The Bertz CT molecular complexity index is 474. The number of hydrogen-bond donors (Lipinski definition) is 3. The maximum Gasteiger partial charge on any atom is 0.240 e. The lowest BCUT2D eigenvalue weighted by molar-refractivity contribution is -0.125. The molecular weight excluding hydrogens is 258 g/mol. The van der Waals surface area contributed by atoms with Crippen molar-refractivity contribution in [2.45, 2.75) is 32.4 Å². The van der Waals surface area contributed by atoms with Gasteiger partial charge in [-0.25, -0.2) is 0 Å². The molecule has 6 nitrogen and oxygen atoms in total. The fraction of sp³-hybridized carbons (Fsp3) is 0.429. The summed E-state index contributed by atoms with van der Waals surface area (Å²) in [5.74, 6) is -0.143. The van der Waals surface area contributed by atoms with Crippen molar-refractivity contribution in [2.75, 3.05) is 12.4 Å². The summed E-state index contributed by atoms with van der Waals surface area (Å²) in [6.45, 7) is 3.71. The Kier molecular flexibility index (Phi) is 5.83. The van der Waals surface area contributed by atoms with E-state index in [0.29, 0.717) is 11.4 Å². The number of amides is 2. The number of nitrogens with one attached hydrogen (secondary N) is 2. The lowest BCUT2D eigenvalue weighted by Gasteiger charge is -2.17. The van der Waals surface area contributed by atoms with Gasteiger partial charge in [-0.15, -0.1) is 0 Å². The summed E-state index contributed by atoms with van der Waals surface area (Å²) in [4.78, 5) is 23.1. The van der Waals surface area contributed by atoms with Gasteiger partial charge >= 0.3 is 0 Å². The first-order valence-electron chi connectivity index (χ1n) is 6.41. The highest BCUT2D eigenvalue weighted by Gasteiger charge is 2.19. The van der Waals surface area contributed by atoms with Gasteiger partial charge in [-0.1, -0.05) is 6.07 Å². The van der Waals surface area contributed by atoms with Crippen LogP contribution < -0.4 is 21.1 Å². The van der Waals surface area contributed by atoms with Crippen molar-refractivity contribution in [1.82, 2.24) is 5.32 Å². The third-order valence-electron chi connectivity index (χ3n) is 2.59. The van der Waals surface area contributed by atoms with Crippen LogP contribution in [0.4, 0.5) is 5.69 Å². The van der Waals surface area contributed by atoms with Gasteiger partial charge in [0, 0.05) is 17.8 Å². The molecule has 2 amide bonds. The van der Waals surface area contributed by atoms with E-state index in [2.05, 4.69) is 10.6 Å². The minimum Gasteiger partial charge on any atom is -0.497 e. The minimum absolute atomic E-state index is 0.00920. The van der Waals surface area contributed by atoms with E-state index >= 15 is 0 Å². The second kappa shape index (κ2) is 7.37. The van der Waals surface area contributed by atoms with Crippen LogP contribution in [0.15, 0.2) is 24.3 Å². The van der Waals surface area contributed by atoms with Crippen molar-refractivity contribution in [1.29, 1.82) is 0 Å². The van der Waals surface area contributed by atoms with Crippen molar-refractivity contribution < 1.29 is 14.3 Å². The molecule has 0 fully saturated rings. The Morgan fingerprint density at radius 1 is 1.35 bits per heavy atom. The molecule has 0 radical (unpaired) electrons. The number of anilines is 1. The van der Waals surface area contributed by atoms with E-state index in [1.807, 2.05) is 13.8 Å². The molecule has 110 valence electrons. The van der Waals surface area contributed by atoms with Gasteiger partial charge < -0.3 is 21.1 Å². The van der Waals surface area contributed by atoms with E-state index in [-0.39, 0.29) is 18.4 Å². The first-order valence-corrected chi connectivity index (χ1v) is 6.41. The van der Waals surface area contributed by atoms with E-state index in [1.54, 1.807) is 31.4 Å². The standard InChI is InChI=1S/C14H21N3O3/c1-9(2)16-13(18)8-12(14(15)19)17-10-5-4-6-11(7-10)20-3/h4-7,9,12,17H,8H2,1-3H3,(H2,15,19)(H,16,18). The predicted molar refractivity (Wildman–Crippen MR) is 77.5 cm³/mol. The SMILES string of the molecule is COc1cccc(NC(CC(=O)NC(C)C)C(N)=O)c1. The number of carbonyl (C=O) groups is 2. The van der Waals surface area contributed by atoms with Crippen LogP contribution in [0.1, 0.15) is 20.3 Å². The number of benzene rings is 1. The van der Waals surface area contributed by atoms with Crippen LogP contribution in [0, 0.1) is 0 Å². The summed E-state index contributed by atoms with van der Waals surface area (Å²) in [6, 6.07) is 6.34. The molecule has 1 unspecified atom stereocenters. The monoisotopic (exact) mass is 279 g/mol. The second-order valence-corrected chi connectivity index (χ2v) is 4.76. The van der Waals surface area contributed by atoms with Crippen LogP contribution in [0.25, 0.3) is 0 Å². The molecule has 1 aromatic carbocycles. The normalized spacial score (nSPS) is 11.8. The molecule has 0 saturated heterocycles. The van der Waals surface area contributed by atoms with Crippen LogP contribution in [0.3, 0.4) is 0 Å². The molecule has 0 aliphatic rings. The Balaban J connectivity index is 2.71. The molecule has 1 atom stereocenters. The highest BCUT2D eigenvalue weighted by molar-refractivity contribution is 5.89. The van der Waals surface area contributed by atoms with Gasteiger partial charge in [0.2, 0.25) is 11.8 Å². The Morgan fingerprint density at radius 3 is 2.60 bits per heavy atom. The first-order chi connectivity index (χ1) is 9.42. The zero-order valence-electron chi connectivity index (χ0n) is 12.0. The number of methoxy groups -OCH3 is 1. The summed E-state index contributed by atoms with van der Waals surface area (Å²) in [6.07, 6.45) is -0.00920. The van der Waals surface area contributed by atoms with Crippen LogP contribution in [-0.4, -0.2) is 31.0 Å². The summed E-state index contributed by atoms with van der Waals surface area (Å²) in [5.41, 5.74) is 5.99. The van der Waals surface area contributed by atoms with Gasteiger partial charge in [0.1, 0.15) is 11.8 Å². The largest absolute Gasteiger partial charge is 0.497 e. The molecule has 0 aliphatic carbocycles. The van der Waals surface area contributed by atoms with Crippen molar-refractivity contribution >= 4 is 17.5 Å². The zero-order valence-corrected chi connectivity index (χ0v) is 12.0. The summed E-state index contributed by atoms with van der Waals surface area (Å²) in [5, 5.41) is 5.67. The minimum atomic E-state index is -0.763. The van der Waals surface area contributed by atoms with E-state index < -0.39 is 11.9 Å². The summed E-state index contributed by atoms with van der Waals surface area (Å²) < 4.78 is 5.10. The molecule has 0 heterocycles. The fourth-order valence-corrected chi connectivity index (χ4v) is 1.70. The lowest BCUT2D eigenvalue weighted by Crippen LogP contribution is -2.41. The molecule has 1 aromatic rings. The molecule has 1 rings (SSSR count). The summed E-state index contributed by atoms with van der Waals surface area (Å²) in [7, 11) is 1.56. The van der Waals surface area contributed by atoms with Crippen LogP contribution >= 0.6 is 0 Å². The van der Waals surface area contributed by atoms with Gasteiger partial charge in [0.15, 0.2) is 0 Å². The highest BCUT2D eigenvalue weighted by Crippen LogP contribution is 2.18. The number of hydrogen-bond acceptors (Lipinski definition) is 4. The predicted octanol–water partition coefficient (Wildman–Crippen LogP) is 0.876. The van der Waals surface area contributed by atoms with Gasteiger partial charge in [-0.3, -0.25) is 9.59 Å². The molecule has 0 saturated carbocycles. The summed E-state index contributed by atoms with van der Waals surface area (Å²) >= 11 is 0. The Morgan fingerprint density at radius 2 is 2.05 bits per heavy atom. The van der Waals surface area contributed by atoms with Gasteiger partial charge in [-0.05, 0) is 26.0 Å². The molecule has 20 heavy (non-hydrogen) atoms. The molecule has 0 spiro atoms. The van der Waals surface area contributed by atoms with Crippen LogP contribution in [0.5, 0.6) is 5.75 Å². The molecule has 4 N–H and O–H groups in total. The number of ether oxygens (including phenoxy) is 1. The number of carbonyl (C=O) groups excluding carboxylic acids is 2. The number of primary amides is 1. The van der Waals surface area contributed by atoms with Crippen LogP contribution in [-0.2, 0) is 9.59 Å². The van der Waals surface area contributed by atoms with E-state index in [9.17, 15) is 9.59 Å². The number of rotatable bonds is 7. The average molecular weight is 279 g/mol. The molecule has 0 aromatic heterocycles. The fourth-order valence-electron chi connectivity index (χ4n) is 1.70. The zero-order chi connectivity index (χ0) is 15.1. The van der Waals surface area contributed by atoms with Crippen LogP contribution in [0.2, 0.25) is 0 Å². The van der Waals surface area contributed by atoms with E-state index in [0.717, 1.165) is 0 Å².